The molecule has 8 nitrogen and oxygen atoms in total. The summed E-state index contributed by atoms with van der Waals surface area (Å²) in [5.74, 6) is -0.451. The number of aromatic nitrogens is 2. The standard InChI is InChI=1S/C12H18N4O4/c1-8-6-14(7-10(8)12(17)18)3-4-15-9(2)13-5-11(15)16(19)20/h5,8,10H,3-4,6-7H2,1-2H3,(H,17,18). The SMILES string of the molecule is Cc1ncc([N+](=O)[O-])n1CCN1CC(C)C(C(=O)O)C1. The van der Waals surface area contributed by atoms with Crippen LogP contribution in [0.15, 0.2) is 6.20 Å². The molecule has 0 aromatic carbocycles. The van der Waals surface area contributed by atoms with Crippen LogP contribution in [-0.4, -0.2) is 50.1 Å². The summed E-state index contributed by atoms with van der Waals surface area (Å²) >= 11 is 0. The molecule has 110 valence electrons. The second-order valence-corrected chi connectivity index (χ2v) is 5.25. The number of carboxylic acid groups (broad SMARTS) is 1. The van der Waals surface area contributed by atoms with Crippen LogP contribution in [0.3, 0.4) is 0 Å². The van der Waals surface area contributed by atoms with E-state index in [9.17, 15) is 14.9 Å². The minimum absolute atomic E-state index is 0.0236. The molecule has 1 aromatic heterocycles. The van der Waals surface area contributed by atoms with Gasteiger partial charge < -0.3 is 15.2 Å². The molecule has 1 aromatic rings. The Hall–Kier alpha value is -1.96. The van der Waals surface area contributed by atoms with E-state index in [4.69, 9.17) is 5.11 Å². The van der Waals surface area contributed by atoms with Crippen LogP contribution in [0.2, 0.25) is 0 Å². The van der Waals surface area contributed by atoms with Crippen LogP contribution in [0.5, 0.6) is 0 Å². The van der Waals surface area contributed by atoms with Gasteiger partial charge in [-0.05, 0) is 10.8 Å². The molecular weight excluding hydrogens is 264 g/mol. The van der Waals surface area contributed by atoms with E-state index in [2.05, 4.69) is 4.98 Å². The van der Waals surface area contributed by atoms with E-state index in [1.807, 2.05) is 11.8 Å². The number of aryl methyl sites for hydroxylation is 1. The highest BCUT2D eigenvalue weighted by molar-refractivity contribution is 5.71. The van der Waals surface area contributed by atoms with E-state index in [1.54, 1.807) is 11.5 Å². The minimum Gasteiger partial charge on any atom is -0.481 e. The first-order chi connectivity index (χ1) is 9.40. The van der Waals surface area contributed by atoms with Crippen molar-refractivity contribution in [3.05, 3.63) is 22.1 Å². The number of hydrogen-bond acceptors (Lipinski definition) is 5. The summed E-state index contributed by atoms with van der Waals surface area (Å²) in [6, 6.07) is 0. The summed E-state index contributed by atoms with van der Waals surface area (Å²) in [5, 5.41) is 20.0. The predicted octanol–water partition coefficient (Wildman–Crippen LogP) is 0.752. The summed E-state index contributed by atoms with van der Waals surface area (Å²) in [4.78, 5) is 27.5. The topological polar surface area (TPSA) is 102 Å². The van der Waals surface area contributed by atoms with Crippen molar-refractivity contribution in [2.24, 2.45) is 11.8 Å². The molecule has 20 heavy (non-hydrogen) atoms. The number of imidazole rings is 1. The Morgan fingerprint density at radius 2 is 2.25 bits per heavy atom. The molecule has 1 aliphatic heterocycles. The number of likely N-dealkylation sites (tertiary alicyclic amines) is 1. The number of carboxylic acids is 1. The molecule has 1 N–H and O–H groups in total. The largest absolute Gasteiger partial charge is 0.481 e. The molecule has 1 fully saturated rings. The monoisotopic (exact) mass is 282 g/mol. The van der Waals surface area contributed by atoms with E-state index in [0.29, 0.717) is 32.0 Å². The van der Waals surface area contributed by atoms with Gasteiger partial charge in [0.05, 0.1) is 5.92 Å². The first-order valence-corrected chi connectivity index (χ1v) is 6.51. The first-order valence-electron chi connectivity index (χ1n) is 6.51. The Morgan fingerprint density at radius 1 is 1.55 bits per heavy atom. The Kier molecular flexibility index (Phi) is 4.03. The number of nitrogens with zero attached hydrogens (tertiary/aromatic N) is 4. The molecule has 0 saturated carbocycles. The van der Waals surface area contributed by atoms with Gasteiger partial charge in [0.25, 0.3) is 0 Å². The van der Waals surface area contributed by atoms with Crippen molar-refractivity contribution < 1.29 is 14.8 Å². The van der Waals surface area contributed by atoms with Gasteiger partial charge in [-0.15, -0.1) is 0 Å². The van der Waals surface area contributed by atoms with Crippen LogP contribution >= 0.6 is 0 Å². The summed E-state index contributed by atoms with van der Waals surface area (Å²) in [6.07, 6.45) is 1.25. The Bertz CT molecular complexity index is 528. The summed E-state index contributed by atoms with van der Waals surface area (Å²) in [5.41, 5.74) is 0. The second-order valence-electron chi connectivity index (χ2n) is 5.25. The van der Waals surface area contributed by atoms with Gasteiger partial charge in [-0.3, -0.25) is 9.69 Å². The lowest BCUT2D eigenvalue weighted by molar-refractivity contribution is -0.392. The zero-order valence-corrected chi connectivity index (χ0v) is 11.5. The molecule has 1 saturated heterocycles. The third-order valence-corrected chi connectivity index (χ3v) is 3.87. The molecule has 0 amide bonds. The van der Waals surface area contributed by atoms with Crippen LogP contribution in [0, 0.1) is 28.9 Å². The molecular formula is C12H18N4O4. The average molecular weight is 282 g/mol. The molecule has 2 heterocycles. The Balaban J connectivity index is 1.99. The van der Waals surface area contributed by atoms with Crippen LogP contribution in [0.1, 0.15) is 12.7 Å². The lowest BCUT2D eigenvalue weighted by Crippen LogP contribution is -2.27. The molecule has 1 aliphatic rings. The molecule has 8 heteroatoms. The fourth-order valence-corrected chi connectivity index (χ4v) is 2.69. The van der Waals surface area contributed by atoms with Crippen molar-refractivity contribution in [1.82, 2.24) is 14.5 Å². The zero-order valence-electron chi connectivity index (χ0n) is 11.5. The van der Waals surface area contributed by atoms with Crippen LogP contribution in [0.4, 0.5) is 5.82 Å². The van der Waals surface area contributed by atoms with Gasteiger partial charge >= 0.3 is 11.8 Å². The van der Waals surface area contributed by atoms with E-state index < -0.39 is 10.9 Å². The third kappa shape index (κ3) is 2.79. The molecule has 2 unspecified atom stereocenters. The number of nitro groups is 1. The van der Waals surface area contributed by atoms with Crippen molar-refractivity contribution in [3.63, 3.8) is 0 Å². The highest BCUT2D eigenvalue weighted by atomic mass is 16.6. The van der Waals surface area contributed by atoms with Gasteiger partial charge in [0.15, 0.2) is 5.82 Å². The van der Waals surface area contributed by atoms with Crippen molar-refractivity contribution in [2.75, 3.05) is 19.6 Å². The molecule has 0 aliphatic carbocycles. The number of carbonyl (C=O) groups is 1. The number of aliphatic carboxylic acids is 1. The maximum absolute atomic E-state index is 11.1. The normalized spacial score (nSPS) is 23.1. The fourth-order valence-electron chi connectivity index (χ4n) is 2.69. The highest BCUT2D eigenvalue weighted by Gasteiger charge is 2.34. The zero-order chi connectivity index (χ0) is 14.9. The van der Waals surface area contributed by atoms with Crippen LogP contribution < -0.4 is 0 Å². The van der Waals surface area contributed by atoms with Gasteiger partial charge in [-0.2, -0.15) is 0 Å². The fraction of sp³-hybridized carbons (Fsp3) is 0.667. The second kappa shape index (κ2) is 5.58. The van der Waals surface area contributed by atoms with Crippen molar-refractivity contribution in [1.29, 1.82) is 0 Å². The van der Waals surface area contributed by atoms with Crippen LogP contribution in [-0.2, 0) is 11.3 Å². The first kappa shape index (κ1) is 14.4. The quantitative estimate of drug-likeness (QED) is 0.631. The average Bonchev–Trinajstić information content (AvgIpc) is 2.90. The molecule has 2 rings (SSSR count). The summed E-state index contributed by atoms with van der Waals surface area (Å²) in [7, 11) is 0. The van der Waals surface area contributed by atoms with Crippen molar-refractivity contribution in [3.8, 4) is 0 Å². The van der Waals surface area contributed by atoms with Crippen molar-refractivity contribution in [2.45, 2.75) is 20.4 Å². The molecule has 2 atom stereocenters. The molecule has 0 bridgehead atoms. The van der Waals surface area contributed by atoms with Gasteiger partial charge in [-0.1, -0.05) is 6.92 Å². The Labute approximate surface area is 116 Å². The lowest BCUT2D eigenvalue weighted by Gasteiger charge is -2.14. The molecule has 0 spiro atoms. The highest BCUT2D eigenvalue weighted by Crippen LogP contribution is 2.23. The predicted molar refractivity (Wildman–Crippen MR) is 70.3 cm³/mol. The van der Waals surface area contributed by atoms with E-state index >= 15 is 0 Å². The van der Waals surface area contributed by atoms with Gasteiger partial charge in [0, 0.05) is 26.6 Å². The van der Waals surface area contributed by atoms with Gasteiger partial charge in [-0.25, -0.2) is 9.55 Å². The number of hydrogen-bond donors (Lipinski definition) is 1. The third-order valence-electron chi connectivity index (χ3n) is 3.87. The maximum atomic E-state index is 11.1. The maximum Gasteiger partial charge on any atom is 0.342 e. The Morgan fingerprint density at radius 3 is 2.80 bits per heavy atom. The van der Waals surface area contributed by atoms with E-state index in [-0.39, 0.29) is 17.7 Å². The van der Waals surface area contributed by atoms with Gasteiger partial charge in [0.1, 0.15) is 12.7 Å². The van der Waals surface area contributed by atoms with Crippen LogP contribution in [0.25, 0.3) is 0 Å². The smallest absolute Gasteiger partial charge is 0.342 e. The molecule has 0 radical (unpaired) electrons. The lowest BCUT2D eigenvalue weighted by atomic mass is 9.99. The minimum atomic E-state index is -0.773. The van der Waals surface area contributed by atoms with E-state index in [0.717, 1.165) is 0 Å². The number of rotatable bonds is 5. The summed E-state index contributed by atoms with van der Waals surface area (Å²) < 4.78 is 1.55. The summed E-state index contributed by atoms with van der Waals surface area (Å²) in [6.45, 7) is 5.88. The van der Waals surface area contributed by atoms with Gasteiger partial charge in [0.2, 0.25) is 0 Å². The van der Waals surface area contributed by atoms with E-state index in [1.165, 1.54) is 6.20 Å². The van der Waals surface area contributed by atoms with Crippen molar-refractivity contribution >= 4 is 11.8 Å².